The zero-order chi connectivity index (χ0) is 18.4. The van der Waals surface area contributed by atoms with Gasteiger partial charge in [0.2, 0.25) is 11.8 Å². The van der Waals surface area contributed by atoms with E-state index in [-0.39, 0.29) is 24.8 Å². The van der Waals surface area contributed by atoms with Gasteiger partial charge in [-0.3, -0.25) is 9.59 Å². The minimum Gasteiger partial charge on any atom is -0.347 e. The second kappa shape index (κ2) is 8.47. The van der Waals surface area contributed by atoms with Crippen molar-refractivity contribution in [3.63, 3.8) is 0 Å². The Morgan fingerprint density at radius 2 is 1.72 bits per heavy atom. The monoisotopic (exact) mass is 338 g/mol. The summed E-state index contributed by atoms with van der Waals surface area (Å²) in [7, 11) is 0. The van der Waals surface area contributed by atoms with Crippen LogP contribution in [0.5, 0.6) is 0 Å². The Labute approximate surface area is 149 Å². The van der Waals surface area contributed by atoms with Crippen molar-refractivity contribution in [1.29, 1.82) is 0 Å². The summed E-state index contributed by atoms with van der Waals surface area (Å²) in [6, 6.07) is 13.8. The maximum Gasteiger partial charge on any atom is 0.243 e. The van der Waals surface area contributed by atoms with E-state index < -0.39 is 0 Å². The third-order valence-electron chi connectivity index (χ3n) is 4.08. The summed E-state index contributed by atoms with van der Waals surface area (Å²) in [4.78, 5) is 24.3. The molecule has 0 unspecified atom stereocenters. The molecular weight excluding hydrogens is 312 g/mol. The molecular formula is C21H26N2O2. The maximum absolute atomic E-state index is 12.2. The molecule has 0 atom stereocenters. The molecule has 2 N–H and O–H groups in total. The van der Waals surface area contributed by atoms with E-state index in [9.17, 15) is 9.59 Å². The lowest BCUT2D eigenvalue weighted by Crippen LogP contribution is -2.34. The average Bonchev–Trinajstić information content (AvgIpc) is 2.54. The van der Waals surface area contributed by atoms with Crippen LogP contribution < -0.4 is 10.6 Å². The van der Waals surface area contributed by atoms with Crippen LogP contribution in [-0.2, 0) is 16.0 Å². The molecule has 0 aromatic heterocycles. The van der Waals surface area contributed by atoms with E-state index in [4.69, 9.17) is 0 Å². The minimum absolute atomic E-state index is 0.0312. The normalized spacial score (nSPS) is 10.6. The Morgan fingerprint density at radius 3 is 2.40 bits per heavy atom. The van der Waals surface area contributed by atoms with Gasteiger partial charge in [-0.25, -0.2) is 0 Å². The van der Waals surface area contributed by atoms with E-state index in [0.29, 0.717) is 5.92 Å². The van der Waals surface area contributed by atoms with Crippen LogP contribution in [0.1, 0.15) is 42.0 Å². The van der Waals surface area contributed by atoms with E-state index in [0.717, 1.165) is 27.9 Å². The van der Waals surface area contributed by atoms with Crippen molar-refractivity contribution in [2.45, 2.75) is 40.0 Å². The largest absolute Gasteiger partial charge is 0.347 e. The quantitative estimate of drug-likeness (QED) is 0.843. The standard InChI is InChI=1S/C21H26N2O2/c1-14(2)18-10-6-8-16(4)21(18)23-20(25)13-22-19(24)12-17-9-5-7-15(3)11-17/h5-11,14H,12-13H2,1-4H3,(H,22,24)(H,23,25). The molecule has 0 spiro atoms. The highest BCUT2D eigenvalue weighted by Gasteiger charge is 2.13. The summed E-state index contributed by atoms with van der Waals surface area (Å²) in [6.45, 7) is 8.11. The summed E-state index contributed by atoms with van der Waals surface area (Å²) in [6.07, 6.45) is 0.274. The molecule has 2 rings (SSSR count). The first-order chi connectivity index (χ1) is 11.9. The van der Waals surface area contributed by atoms with Crippen LogP contribution in [0.25, 0.3) is 0 Å². The van der Waals surface area contributed by atoms with Gasteiger partial charge in [-0.2, -0.15) is 0 Å². The van der Waals surface area contributed by atoms with Crippen LogP contribution in [-0.4, -0.2) is 18.4 Å². The number of anilines is 1. The summed E-state index contributed by atoms with van der Waals surface area (Å²) < 4.78 is 0. The Balaban J connectivity index is 1.92. The van der Waals surface area contributed by atoms with Crippen molar-refractivity contribution in [3.05, 3.63) is 64.7 Å². The SMILES string of the molecule is Cc1cccc(CC(=O)NCC(=O)Nc2c(C)cccc2C(C)C)c1. The second-order valence-corrected chi connectivity index (χ2v) is 6.68. The van der Waals surface area contributed by atoms with Gasteiger partial charge in [0.25, 0.3) is 0 Å². The van der Waals surface area contributed by atoms with Crippen LogP contribution in [0, 0.1) is 13.8 Å². The lowest BCUT2D eigenvalue weighted by molar-refractivity contribution is -0.123. The van der Waals surface area contributed by atoms with E-state index in [1.807, 2.05) is 56.3 Å². The Bertz CT molecular complexity index is 766. The molecule has 2 aromatic rings. The van der Waals surface area contributed by atoms with Gasteiger partial charge in [0.05, 0.1) is 13.0 Å². The summed E-state index contributed by atoms with van der Waals surface area (Å²) >= 11 is 0. The van der Waals surface area contributed by atoms with Crippen molar-refractivity contribution >= 4 is 17.5 Å². The summed E-state index contributed by atoms with van der Waals surface area (Å²) in [5, 5.41) is 5.62. The molecule has 0 radical (unpaired) electrons. The van der Waals surface area contributed by atoms with E-state index in [1.54, 1.807) is 0 Å². The molecule has 2 aromatic carbocycles. The van der Waals surface area contributed by atoms with Crippen LogP contribution in [0.4, 0.5) is 5.69 Å². The van der Waals surface area contributed by atoms with Crippen LogP contribution >= 0.6 is 0 Å². The molecule has 4 nitrogen and oxygen atoms in total. The summed E-state index contributed by atoms with van der Waals surface area (Å²) in [5.41, 5.74) is 5.02. The van der Waals surface area contributed by atoms with Gasteiger partial charge >= 0.3 is 0 Å². The van der Waals surface area contributed by atoms with Crippen molar-refractivity contribution in [3.8, 4) is 0 Å². The number of benzene rings is 2. The fourth-order valence-corrected chi connectivity index (χ4v) is 2.77. The van der Waals surface area contributed by atoms with E-state index >= 15 is 0 Å². The molecule has 25 heavy (non-hydrogen) atoms. The van der Waals surface area contributed by atoms with Crippen molar-refractivity contribution < 1.29 is 9.59 Å². The predicted octanol–water partition coefficient (Wildman–Crippen LogP) is 3.72. The number of carbonyl (C=O) groups excluding carboxylic acids is 2. The number of hydrogen-bond acceptors (Lipinski definition) is 2. The minimum atomic E-state index is -0.214. The number of nitrogens with one attached hydrogen (secondary N) is 2. The molecule has 0 aliphatic heterocycles. The van der Waals surface area contributed by atoms with Crippen LogP contribution in [0.2, 0.25) is 0 Å². The lowest BCUT2D eigenvalue weighted by Gasteiger charge is -2.16. The van der Waals surface area contributed by atoms with Gasteiger partial charge in [-0.05, 0) is 36.5 Å². The lowest BCUT2D eigenvalue weighted by atomic mass is 9.98. The number of amides is 2. The molecule has 0 fully saturated rings. The Kier molecular flexibility index (Phi) is 6.34. The van der Waals surface area contributed by atoms with E-state index in [1.165, 1.54) is 0 Å². The fourth-order valence-electron chi connectivity index (χ4n) is 2.77. The first-order valence-electron chi connectivity index (χ1n) is 8.58. The van der Waals surface area contributed by atoms with Crippen LogP contribution in [0.15, 0.2) is 42.5 Å². The molecule has 0 aliphatic carbocycles. The number of aryl methyl sites for hydroxylation is 2. The topological polar surface area (TPSA) is 58.2 Å². The van der Waals surface area contributed by atoms with E-state index in [2.05, 4.69) is 24.5 Å². The molecule has 0 heterocycles. The zero-order valence-corrected chi connectivity index (χ0v) is 15.3. The molecule has 0 saturated carbocycles. The molecule has 0 aliphatic rings. The molecule has 0 saturated heterocycles. The fraction of sp³-hybridized carbons (Fsp3) is 0.333. The number of rotatable bonds is 6. The van der Waals surface area contributed by atoms with Gasteiger partial charge in [-0.1, -0.05) is 61.9 Å². The first kappa shape index (κ1) is 18.7. The second-order valence-electron chi connectivity index (χ2n) is 6.68. The van der Waals surface area contributed by atoms with Gasteiger partial charge in [0.15, 0.2) is 0 Å². The molecule has 132 valence electrons. The van der Waals surface area contributed by atoms with Gasteiger partial charge in [0.1, 0.15) is 0 Å². The smallest absolute Gasteiger partial charge is 0.243 e. The number of hydrogen-bond donors (Lipinski definition) is 2. The third-order valence-corrected chi connectivity index (χ3v) is 4.08. The predicted molar refractivity (Wildman–Crippen MR) is 102 cm³/mol. The first-order valence-corrected chi connectivity index (χ1v) is 8.58. The molecule has 0 bridgehead atoms. The third kappa shape index (κ3) is 5.45. The Morgan fingerprint density at radius 1 is 1.00 bits per heavy atom. The molecule has 2 amide bonds. The number of para-hydroxylation sites is 1. The van der Waals surface area contributed by atoms with Crippen molar-refractivity contribution in [2.75, 3.05) is 11.9 Å². The highest BCUT2D eigenvalue weighted by Crippen LogP contribution is 2.27. The van der Waals surface area contributed by atoms with Gasteiger partial charge < -0.3 is 10.6 Å². The van der Waals surface area contributed by atoms with Crippen molar-refractivity contribution in [1.82, 2.24) is 5.32 Å². The van der Waals surface area contributed by atoms with Crippen molar-refractivity contribution in [2.24, 2.45) is 0 Å². The average molecular weight is 338 g/mol. The highest BCUT2D eigenvalue weighted by molar-refractivity contribution is 5.96. The maximum atomic E-state index is 12.2. The Hall–Kier alpha value is -2.62. The zero-order valence-electron chi connectivity index (χ0n) is 15.3. The summed E-state index contributed by atoms with van der Waals surface area (Å²) in [5.74, 6) is -0.0606. The van der Waals surface area contributed by atoms with Gasteiger partial charge in [0, 0.05) is 5.69 Å². The number of carbonyl (C=O) groups is 2. The molecule has 4 heteroatoms. The highest BCUT2D eigenvalue weighted by atomic mass is 16.2. The van der Waals surface area contributed by atoms with Gasteiger partial charge in [-0.15, -0.1) is 0 Å². The van der Waals surface area contributed by atoms with Crippen LogP contribution in [0.3, 0.4) is 0 Å².